The van der Waals surface area contributed by atoms with Crippen LogP contribution in [0.15, 0.2) is 67.0 Å². The third-order valence-electron chi connectivity index (χ3n) is 4.94. The Kier molecular flexibility index (Phi) is 4.67. The second-order valence-corrected chi connectivity index (χ2v) is 6.76. The summed E-state index contributed by atoms with van der Waals surface area (Å²) in [7, 11) is 0. The van der Waals surface area contributed by atoms with E-state index in [9.17, 15) is 13.6 Å². The number of rotatable bonds is 3. The van der Waals surface area contributed by atoms with Crippen LogP contribution in [0.25, 0.3) is 11.1 Å². The molecule has 2 aromatic carbocycles. The van der Waals surface area contributed by atoms with Crippen LogP contribution in [0.2, 0.25) is 0 Å². The summed E-state index contributed by atoms with van der Waals surface area (Å²) in [6, 6.07) is 14.2. The number of nitrogens with zero attached hydrogens (tertiary/aromatic N) is 2. The van der Waals surface area contributed by atoms with E-state index in [1.165, 1.54) is 12.1 Å². The lowest BCUT2D eigenvalue weighted by Crippen LogP contribution is -2.28. The van der Waals surface area contributed by atoms with Crippen molar-refractivity contribution in [1.82, 2.24) is 9.88 Å². The standard InChI is InChI=1S/C22H18F2N2O/c23-20-10-19(11-21(24)12-20)15-3-1-4-16(9-15)22(27)26-8-6-18(14-26)17-5-2-7-25-13-17/h1-5,7,9-13,18H,6,8,14H2. The summed E-state index contributed by atoms with van der Waals surface area (Å²) in [6.07, 6.45) is 4.48. The van der Waals surface area contributed by atoms with E-state index in [4.69, 9.17) is 0 Å². The van der Waals surface area contributed by atoms with Crippen molar-refractivity contribution in [3.8, 4) is 11.1 Å². The molecule has 3 nitrogen and oxygen atoms in total. The number of halogens is 2. The lowest BCUT2D eigenvalue weighted by atomic mass is 10.0. The fourth-order valence-electron chi connectivity index (χ4n) is 3.57. The summed E-state index contributed by atoms with van der Waals surface area (Å²) in [4.78, 5) is 18.9. The predicted octanol–water partition coefficient (Wildman–Crippen LogP) is 4.66. The monoisotopic (exact) mass is 364 g/mol. The molecule has 0 saturated carbocycles. The van der Waals surface area contributed by atoms with Crippen molar-refractivity contribution in [3.63, 3.8) is 0 Å². The van der Waals surface area contributed by atoms with E-state index in [1.54, 1.807) is 30.5 Å². The van der Waals surface area contributed by atoms with Crippen LogP contribution < -0.4 is 0 Å². The van der Waals surface area contributed by atoms with Crippen molar-refractivity contribution in [3.05, 3.63) is 89.8 Å². The Morgan fingerprint density at radius 2 is 1.81 bits per heavy atom. The summed E-state index contributed by atoms with van der Waals surface area (Å²) in [5.74, 6) is -1.07. The average molecular weight is 364 g/mol. The van der Waals surface area contributed by atoms with Crippen LogP contribution in [-0.4, -0.2) is 28.9 Å². The molecule has 1 aliphatic heterocycles. The Labute approximate surface area is 156 Å². The molecule has 0 aliphatic carbocycles. The van der Waals surface area contributed by atoms with Gasteiger partial charge in [-0.1, -0.05) is 18.2 Å². The number of carbonyl (C=O) groups is 1. The molecule has 1 atom stereocenters. The molecule has 0 radical (unpaired) electrons. The number of aromatic nitrogens is 1. The minimum Gasteiger partial charge on any atom is -0.338 e. The van der Waals surface area contributed by atoms with E-state index in [0.717, 1.165) is 18.1 Å². The van der Waals surface area contributed by atoms with Gasteiger partial charge in [0.25, 0.3) is 5.91 Å². The highest BCUT2D eigenvalue weighted by Gasteiger charge is 2.28. The van der Waals surface area contributed by atoms with Crippen molar-refractivity contribution in [2.45, 2.75) is 12.3 Å². The molecule has 1 fully saturated rings. The van der Waals surface area contributed by atoms with Gasteiger partial charge >= 0.3 is 0 Å². The smallest absolute Gasteiger partial charge is 0.253 e. The Hall–Kier alpha value is -3.08. The van der Waals surface area contributed by atoms with Crippen molar-refractivity contribution < 1.29 is 13.6 Å². The quantitative estimate of drug-likeness (QED) is 0.677. The highest BCUT2D eigenvalue weighted by molar-refractivity contribution is 5.95. The Morgan fingerprint density at radius 1 is 1.00 bits per heavy atom. The van der Waals surface area contributed by atoms with Crippen molar-refractivity contribution in [1.29, 1.82) is 0 Å². The van der Waals surface area contributed by atoms with Crippen molar-refractivity contribution >= 4 is 5.91 Å². The molecule has 0 N–H and O–H groups in total. The molecule has 136 valence electrons. The number of carbonyl (C=O) groups excluding carboxylic acids is 1. The minimum absolute atomic E-state index is 0.0693. The third kappa shape index (κ3) is 3.72. The predicted molar refractivity (Wildman–Crippen MR) is 99.3 cm³/mol. The van der Waals surface area contributed by atoms with Crippen LogP contribution in [0.3, 0.4) is 0 Å². The molecule has 27 heavy (non-hydrogen) atoms. The molecule has 1 aliphatic rings. The van der Waals surface area contributed by atoms with Gasteiger partial charge in [0.05, 0.1) is 0 Å². The topological polar surface area (TPSA) is 33.2 Å². The van der Waals surface area contributed by atoms with E-state index >= 15 is 0 Å². The maximum Gasteiger partial charge on any atom is 0.253 e. The second-order valence-electron chi connectivity index (χ2n) is 6.76. The number of hydrogen-bond donors (Lipinski definition) is 0. The Bertz CT molecular complexity index is 955. The van der Waals surface area contributed by atoms with Gasteiger partial charge in [-0.05, 0) is 53.4 Å². The molecule has 1 saturated heterocycles. The SMILES string of the molecule is O=C(c1cccc(-c2cc(F)cc(F)c2)c1)N1CCC(c2cccnc2)C1. The van der Waals surface area contributed by atoms with Gasteiger partial charge in [-0.2, -0.15) is 0 Å². The number of hydrogen-bond acceptors (Lipinski definition) is 2. The number of pyridine rings is 1. The summed E-state index contributed by atoms with van der Waals surface area (Å²) >= 11 is 0. The van der Waals surface area contributed by atoms with Crippen LogP contribution in [0.5, 0.6) is 0 Å². The molecule has 1 unspecified atom stereocenters. The van der Waals surface area contributed by atoms with E-state index in [-0.39, 0.29) is 11.8 Å². The number of likely N-dealkylation sites (tertiary alicyclic amines) is 1. The Morgan fingerprint density at radius 3 is 2.56 bits per heavy atom. The Balaban J connectivity index is 1.55. The van der Waals surface area contributed by atoms with Gasteiger partial charge < -0.3 is 4.90 Å². The molecule has 5 heteroatoms. The van der Waals surface area contributed by atoms with Crippen molar-refractivity contribution in [2.75, 3.05) is 13.1 Å². The van der Waals surface area contributed by atoms with Crippen LogP contribution in [0.1, 0.15) is 28.3 Å². The first-order valence-electron chi connectivity index (χ1n) is 8.86. The van der Waals surface area contributed by atoms with Gasteiger partial charge in [0.1, 0.15) is 11.6 Å². The first-order valence-corrected chi connectivity index (χ1v) is 8.86. The molecule has 1 amide bonds. The zero-order valence-electron chi connectivity index (χ0n) is 14.6. The van der Waals surface area contributed by atoms with Gasteiger partial charge in [0.2, 0.25) is 0 Å². The number of amides is 1. The van der Waals surface area contributed by atoms with Crippen molar-refractivity contribution in [2.24, 2.45) is 0 Å². The fourth-order valence-corrected chi connectivity index (χ4v) is 3.57. The maximum atomic E-state index is 13.5. The first kappa shape index (κ1) is 17.3. The zero-order chi connectivity index (χ0) is 18.8. The first-order chi connectivity index (χ1) is 13.1. The molecular weight excluding hydrogens is 346 g/mol. The van der Waals surface area contributed by atoms with E-state index in [0.29, 0.717) is 29.8 Å². The molecule has 1 aromatic heterocycles. The minimum atomic E-state index is -0.638. The lowest BCUT2D eigenvalue weighted by Gasteiger charge is -2.17. The van der Waals surface area contributed by atoms with Crippen LogP contribution >= 0.6 is 0 Å². The zero-order valence-corrected chi connectivity index (χ0v) is 14.6. The normalized spacial score (nSPS) is 16.5. The van der Waals surface area contributed by atoms with Crippen LogP contribution in [0.4, 0.5) is 8.78 Å². The van der Waals surface area contributed by atoms with Gasteiger partial charge in [0, 0.05) is 43.0 Å². The molecule has 2 heterocycles. The molecule has 4 rings (SSSR count). The largest absolute Gasteiger partial charge is 0.338 e. The number of benzene rings is 2. The summed E-state index contributed by atoms with van der Waals surface area (Å²) in [5.41, 5.74) is 2.68. The van der Waals surface area contributed by atoms with Gasteiger partial charge in [0.15, 0.2) is 0 Å². The van der Waals surface area contributed by atoms with E-state index in [1.807, 2.05) is 23.2 Å². The van der Waals surface area contributed by atoms with Gasteiger partial charge in [-0.3, -0.25) is 9.78 Å². The summed E-state index contributed by atoms with van der Waals surface area (Å²) in [6.45, 7) is 1.32. The highest BCUT2D eigenvalue weighted by atomic mass is 19.1. The van der Waals surface area contributed by atoms with E-state index in [2.05, 4.69) is 4.98 Å². The van der Waals surface area contributed by atoms with E-state index < -0.39 is 11.6 Å². The molecule has 0 spiro atoms. The summed E-state index contributed by atoms with van der Waals surface area (Å²) in [5, 5.41) is 0. The second kappa shape index (κ2) is 7.27. The molecule has 0 bridgehead atoms. The van der Waals surface area contributed by atoms with Gasteiger partial charge in [-0.15, -0.1) is 0 Å². The van der Waals surface area contributed by atoms with Crippen LogP contribution in [0, 0.1) is 11.6 Å². The maximum absolute atomic E-state index is 13.5. The van der Waals surface area contributed by atoms with Gasteiger partial charge in [-0.25, -0.2) is 8.78 Å². The summed E-state index contributed by atoms with van der Waals surface area (Å²) < 4.78 is 27.0. The molecule has 3 aromatic rings. The van der Waals surface area contributed by atoms with Crippen LogP contribution in [-0.2, 0) is 0 Å². The molecular formula is C22H18F2N2O. The average Bonchev–Trinajstić information content (AvgIpc) is 3.18. The highest BCUT2D eigenvalue weighted by Crippen LogP contribution is 2.29. The lowest BCUT2D eigenvalue weighted by molar-refractivity contribution is 0.0791. The third-order valence-corrected chi connectivity index (χ3v) is 4.94. The fraction of sp³-hybridized carbons (Fsp3) is 0.182.